The van der Waals surface area contributed by atoms with Gasteiger partial charge in [-0.2, -0.15) is 0 Å². The van der Waals surface area contributed by atoms with Crippen molar-refractivity contribution >= 4 is 23.8 Å². The lowest BCUT2D eigenvalue weighted by Gasteiger charge is -2.03. The van der Waals surface area contributed by atoms with E-state index in [1.54, 1.807) is 6.82 Å². The van der Waals surface area contributed by atoms with Crippen molar-refractivity contribution in [1.82, 2.24) is 10.4 Å². The van der Waals surface area contributed by atoms with Gasteiger partial charge in [0.2, 0.25) is 0 Å². The van der Waals surface area contributed by atoms with E-state index in [1.165, 1.54) is 0 Å². The molecule has 78 valence electrons. The van der Waals surface area contributed by atoms with E-state index in [4.69, 9.17) is 15.3 Å². The lowest BCUT2D eigenvalue weighted by Crippen LogP contribution is -2.29. The van der Waals surface area contributed by atoms with Gasteiger partial charge in [-0.05, 0) is 24.5 Å². The number of nitrogens with zero attached hydrogens (tertiary/aromatic N) is 1. The molecule has 0 aliphatic carbocycles. The highest BCUT2D eigenvalue weighted by Crippen LogP contribution is 2.21. The van der Waals surface area contributed by atoms with E-state index in [9.17, 15) is 0 Å². The molecule has 0 aliphatic heterocycles. The normalized spacial score (nSPS) is 10.8. The number of nitrogens with one attached hydrogen (secondary N) is 1. The van der Waals surface area contributed by atoms with Crippen molar-refractivity contribution in [1.29, 1.82) is 0 Å². The van der Waals surface area contributed by atoms with Gasteiger partial charge in [-0.1, -0.05) is 11.2 Å². The zero-order chi connectivity index (χ0) is 10.8. The molecule has 4 N–H and O–H groups in total. The van der Waals surface area contributed by atoms with Crippen LogP contribution >= 0.6 is 0 Å². The zero-order valence-electron chi connectivity index (χ0n) is 8.40. The summed E-state index contributed by atoms with van der Waals surface area (Å²) in [5.41, 5.74) is 7.27. The first-order valence-electron chi connectivity index (χ1n) is 4.72. The van der Waals surface area contributed by atoms with Crippen LogP contribution in [0.2, 0.25) is 6.82 Å². The SMILES string of the molecule is CB(O)NCc1ccc2c(N)noc2c1. The highest BCUT2D eigenvalue weighted by atomic mass is 16.5. The van der Waals surface area contributed by atoms with Gasteiger partial charge in [0, 0.05) is 6.54 Å². The van der Waals surface area contributed by atoms with Crippen LogP contribution in [0.1, 0.15) is 5.56 Å². The van der Waals surface area contributed by atoms with Crippen molar-refractivity contribution < 1.29 is 9.55 Å². The fraction of sp³-hybridized carbons (Fsp3) is 0.222. The first kappa shape index (κ1) is 10.0. The van der Waals surface area contributed by atoms with Gasteiger partial charge in [-0.3, -0.25) is 0 Å². The summed E-state index contributed by atoms with van der Waals surface area (Å²) in [6, 6.07) is 5.64. The van der Waals surface area contributed by atoms with Crippen molar-refractivity contribution in [3.05, 3.63) is 23.8 Å². The van der Waals surface area contributed by atoms with Crippen molar-refractivity contribution in [2.24, 2.45) is 0 Å². The van der Waals surface area contributed by atoms with E-state index in [2.05, 4.69) is 10.4 Å². The Bertz CT molecular complexity index is 469. The first-order chi connectivity index (χ1) is 7.16. The van der Waals surface area contributed by atoms with E-state index in [1.807, 2.05) is 18.2 Å². The molecule has 6 heteroatoms. The second kappa shape index (κ2) is 3.92. The molecule has 0 aliphatic rings. The standard InChI is InChI=1S/C9H12BN3O2/c1-10(14)12-5-6-2-3-7-8(4-6)15-13-9(7)11/h2-4,12,14H,5H2,1H3,(H2,11,13). The van der Waals surface area contributed by atoms with Crippen molar-refractivity contribution in [3.8, 4) is 0 Å². The van der Waals surface area contributed by atoms with E-state index in [0.717, 1.165) is 10.9 Å². The van der Waals surface area contributed by atoms with Crippen LogP contribution in [0, 0.1) is 0 Å². The third kappa shape index (κ3) is 2.11. The predicted molar refractivity (Wildman–Crippen MR) is 59.1 cm³/mol. The third-order valence-electron chi connectivity index (χ3n) is 2.17. The number of nitrogen functional groups attached to an aromatic ring is 1. The molecule has 0 atom stereocenters. The summed E-state index contributed by atoms with van der Waals surface area (Å²) in [6.07, 6.45) is 0. The minimum Gasteiger partial charge on any atom is -0.437 e. The van der Waals surface area contributed by atoms with Crippen LogP contribution in [0.3, 0.4) is 0 Å². The molecule has 0 unspecified atom stereocenters. The molecule has 1 aromatic heterocycles. The van der Waals surface area contributed by atoms with Crippen molar-refractivity contribution in [3.63, 3.8) is 0 Å². The number of fused-ring (bicyclic) bond motifs is 1. The van der Waals surface area contributed by atoms with Gasteiger partial charge in [0.15, 0.2) is 11.4 Å². The summed E-state index contributed by atoms with van der Waals surface area (Å²) in [5.74, 6) is 0.403. The summed E-state index contributed by atoms with van der Waals surface area (Å²) in [5, 5.41) is 16.4. The second-order valence-corrected chi connectivity index (χ2v) is 3.46. The number of anilines is 1. The fourth-order valence-corrected chi connectivity index (χ4v) is 1.38. The number of hydrogen-bond acceptors (Lipinski definition) is 5. The van der Waals surface area contributed by atoms with Crippen LogP contribution in [0.15, 0.2) is 22.7 Å². The van der Waals surface area contributed by atoms with Crippen molar-refractivity contribution in [2.75, 3.05) is 5.73 Å². The van der Waals surface area contributed by atoms with Gasteiger partial charge in [0.1, 0.15) is 0 Å². The average molecular weight is 205 g/mol. The number of rotatable bonds is 3. The largest absolute Gasteiger partial charge is 0.437 e. The summed E-state index contributed by atoms with van der Waals surface area (Å²) in [6.45, 7) is 2.25. The molecule has 1 heterocycles. The molecule has 0 bridgehead atoms. The van der Waals surface area contributed by atoms with Crippen LogP contribution in [-0.2, 0) is 6.54 Å². The molecule has 0 saturated heterocycles. The topological polar surface area (TPSA) is 84.3 Å². The Balaban J connectivity index is 2.23. The molecule has 0 saturated carbocycles. The number of aromatic nitrogens is 1. The smallest absolute Gasteiger partial charge is 0.373 e. The third-order valence-corrected chi connectivity index (χ3v) is 2.17. The maximum Gasteiger partial charge on any atom is 0.373 e. The highest BCUT2D eigenvalue weighted by molar-refractivity contribution is 6.45. The molecule has 2 rings (SSSR count). The molecule has 0 fully saturated rings. The molecule has 0 amide bonds. The van der Waals surface area contributed by atoms with E-state index < -0.39 is 7.05 Å². The lowest BCUT2D eigenvalue weighted by molar-refractivity contribution is 0.460. The summed E-state index contributed by atoms with van der Waals surface area (Å²) in [7, 11) is -0.527. The minimum absolute atomic E-state index is 0.403. The second-order valence-electron chi connectivity index (χ2n) is 3.46. The van der Waals surface area contributed by atoms with Gasteiger partial charge in [0.25, 0.3) is 0 Å². The van der Waals surface area contributed by atoms with E-state index in [0.29, 0.717) is 17.9 Å². The molecule has 5 nitrogen and oxygen atoms in total. The Hall–Kier alpha value is -1.53. The minimum atomic E-state index is -0.527. The Kier molecular flexibility index (Phi) is 2.61. The maximum atomic E-state index is 9.06. The molecule has 2 aromatic rings. The summed E-state index contributed by atoms with van der Waals surface area (Å²) >= 11 is 0. The number of hydrogen-bond donors (Lipinski definition) is 3. The van der Waals surface area contributed by atoms with E-state index >= 15 is 0 Å². The van der Waals surface area contributed by atoms with Crippen LogP contribution in [-0.4, -0.2) is 17.2 Å². The quantitative estimate of drug-likeness (QED) is 0.639. The molecular formula is C9H12BN3O2. The van der Waals surface area contributed by atoms with Gasteiger partial charge >= 0.3 is 7.05 Å². The zero-order valence-corrected chi connectivity index (χ0v) is 8.40. The van der Waals surface area contributed by atoms with Crippen molar-refractivity contribution in [2.45, 2.75) is 13.4 Å². The Morgan fingerprint density at radius 2 is 2.40 bits per heavy atom. The maximum absolute atomic E-state index is 9.06. The Morgan fingerprint density at radius 1 is 1.60 bits per heavy atom. The van der Waals surface area contributed by atoms with Crippen LogP contribution in [0.4, 0.5) is 5.82 Å². The predicted octanol–water partition coefficient (Wildman–Crippen LogP) is 0.610. The number of nitrogens with two attached hydrogens (primary N) is 1. The first-order valence-corrected chi connectivity index (χ1v) is 4.72. The molecule has 0 radical (unpaired) electrons. The molecule has 15 heavy (non-hydrogen) atoms. The average Bonchev–Trinajstić information content (AvgIpc) is 2.57. The van der Waals surface area contributed by atoms with Gasteiger partial charge in [-0.25, -0.2) is 0 Å². The lowest BCUT2D eigenvalue weighted by atomic mass is 9.88. The summed E-state index contributed by atoms with van der Waals surface area (Å²) < 4.78 is 5.03. The molecule has 1 aromatic carbocycles. The highest BCUT2D eigenvalue weighted by Gasteiger charge is 2.06. The van der Waals surface area contributed by atoms with Crippen LogP contribution < -0.4 is 11.0 Å². The summed E-state index contributed by atoms with van der Waals surface area (Å²) in [4.78, 5) is 0. The van der Waals surface area contributed by atoms with Crippen LogP contribution in [0.5, 0.6) is 0 Å². The van der Waals surface area contributed by atoms with Gasteiger partial charge in [-0.15, -0.1) is 0 Å². The molecule has 0 spiro atoms. The molecular weight excluding hydrogens is 193 g/mol. The van der Waals surface area contributed by atoms with E-state index in [-0.39, 0.29) is 0 Å². The number of benzene rings is 1. The van der Waals surface area contributed by atoms with Crippen LogP contribution in [0.25, 0.3) is 11.0 Å². The van der Waals surface area contributed by atoms with Gasteiger partial charge < -0.3 is 20.5 Å². The van der Waals surface area contributed by atoms with Gasteiger partial charge in [0.05, 0.1) is 5.39 Å². The Morgan fingerprint density at radius 3 is 3.13 bits per heavy atom. The monoisotopic (exact) mass is 205 g/mol. The Labute approximate surface area is 87.4 Å². The fourth-order valence-electron chi connectivity index (χ4n) is 1.38.